The Kier molecular flexibility index (Phi) is 10.5. The van der Waals surface area contributed by atoms with Gasteiger partial charge < -0.3 is 15.8 Å². The molecule has 4 aromatic rings. The van der Waals surface area contributed by atoms with Crippen LogP contribution in [0.15, 0.2) is 103 Å². The number of nitrogen functional groups attached to an aromatic ring is 1. The summed E-state index contributed by atoms with van der Waals surface area (Å²) in [7, 11) is 0. The van der Waals surface area contributed by atoms with Crippen LogP contribution in [0.1, 0.15) is 70.9 Å². The molecule has 0 fully saturated rings. The molecule has 0 unspecified atom stereocenters. The molecule has 3 N–H and O–H groups in total. The number of ether oxygens (including phenoxy) is 1. The molecular weight excluding hydrogens is 623 g/mol. The van der Waals surface area contributed by atoms with Crippen molar-refractivity contribution < 1.29 is 9.53 Å². The van der Waals surface area contributed by atoms with Crippen molar-refractivity contribution in [3.8, 4) is 5.75 Å². The van der Waals surface area contributed by atoms with Crippen molar-refractivity contribution in [3.63, 3.8) is 0 Å². The molecule has 1 aromatic heterocycles. The van der Waals surface area contributed by atoms with Gasteiger partial charge in [-0.1, -0.05) is 11.3 Å². The number of nitrogens with one attached hydrogen (secondary N) is 1. The molecule has 0 bridgehead atoms. The number of carbonyl (C=O) groups excluding carboxylic acids is 1. The van der Waals surface area contributed by atoms with E-state index in [-0.39, 0.29) is 16.7 Å². The summed E-state index contributed by atoms with van der Waals surface area (Å²) in [4.78, 5) is 19.2. The Morgan fingerprint density at radius 1 is 0.939 bits per heavy atom. The van der Waals surface area contributed by atoms with Gasteiger partial charge in [-0.3, -0.25) is 4.79 Å². The van der Waals surface area contributed by atoms with Crippen LogP contribution in [0, 0.1) is 0 Å². The van der Waals surface area contributed by atoms with Gasteiger partial charge in [0, 0.05) is 13.0 Å². The molecule has 1 amide bonds. The molecule has 0 spiro atoms. The number of aromatic nitrogens is 1. The number of para-hydroxylation sites is 1. The van der Waals surface area contributed by atoms with Gasteiger partial charge in [-0.15, -0.1) is 0 Å². The summed E-state index contributed by atoms with van der Waals surface area (Å²) in [5.74, 6) is 0.902. The monoisotopic (exact) mass is 670 g/mol. The van der Waals surface area contributed by atoms with E-state index in [0.717, 1.165) is 48.2 Å². The quantitative estimate of drug-likeness (QED) is 0.0821. The van der Waals surface area contributed by atoms with E-state index in [2.05, 4.69) is 129 Å². The van der Waals surface area contributed by atoms with Gasteiger partial charge in [0.1, 0.15) is 5.75 Å². The number of thiazole rings is 1. The zero-order chi connectivity index (χ0) is 34.4. The van der Waals surface area contributed by atoms with Crippen molar-refractivity contribution in [3.05, 3.63) is 114 Å². The van der Waals surface area contributed by atoms with E-state index in [4.69, 9.17) is 10.5 Å². The summed E-state index contributed by atoms with van der Waals surface area (Å²) >= 11 is 1.45. The Hall–Kier alpha value is -4.43. The van der Waals surface area contributed by atoms with E-state index < -0.39 is 0 Å². The summed E-state index contributed by atoms with van der Waals surface area (Å²) in [6, 6.07) is 23.2. The van der Waals surface area contributed by atoms with Gasteiger partial charge in [-0.2, -0.15) is 0 Å². The Morgan fingerprint density at radius 2 is 1.73 bits per heavy atom. The third-order valence-electron chi connectivity index (χ3n) is 9.79. The van der Waals surface area contributed by atoms with Crippen LogP contribution in [-0.2, 0) is 15.6 Å². The van der Waals surface area contributed by atoms with Gasteiger partial charge >= 0.3 is 189 Å². The average Bonchev–Trinajstić information content (AvgIpc) is 3.66. The first-order chi connectivity index (χ1) is 23.6. The fourth-order valence-electron chi connectivity index (χ4n) is 7.03. The number of anilines is 2. The zero-order valence-electron chi connectivity index (χ0n) is 29.2. The number of rotatable bonds is 14. The maximum absolute atomic E-state index is 12.5. The number of carbonyl (C=O) groups is 1. The summed E-state index contributed by atoms with van der Waals surface area (Å²) in [5.41, 5.74) is 14.6. The molecular formula is C41H47BN4O2S. The molecule has 3 aromatic carbocycles. The first-order valence-corrected chi connectivity index (χ1v) is 18.3. The van der Waals surface area contributed by atoms with Crippen LogP contribution in [-0.4, -0.2) is 43.0 Å². The summed E-state index contributed by atoms with van der Waals surface area (Å²) < 4.78 is 6.87. The summed E-state index contributed by atoms with van der Waals surface area (Å²) in [6.07, 6.45) is 15.2. The van der Waals surface area contributed by atoms with Crippen LogP contribution < -0.4 is 26.2 Å². The molecule has 2 aliphatic rings. The van der Waals surface area contributed by atoms with Crippen molar-refractivity contribution in [1.82, 2.24) is 10.3 Å². The van der Waals surface area contributed by atoms with Crippen molar-refractivity contribution in [2.24, 2.45) is 0 Å². The molecule has 6 nitrogen and oxygen atoms in total. The van der Waals surface area contributed by atoms with Gasteiger partial charge in [0.2, 0.25) is 5.91 Å². The summed E-state index contributed by atoms with van der Waals surface area (Å²) in [5, 5.41) is 3.60. The molecule has 252 valence electrons. The molecule has 0 atom stereocenters. The fraction of sp³-hybridized carbons (Fsp3) is 0.341. The molecule has 3 heterocycles. The normalized spacial score (nSPS) is 16.7. The Morgan fingerprint density at radius 3 is 2.57 bits per heavy atom. The van der Waals surface area contributed by atoms with Gasteiger partial charge in [-0.05, 0) is 24.6 Å². The van der Waals surface area contributed by atoms with Crippen LogP contribution in [0.2, 0.25) is 0 Å². The van der Waals surface area contributed by atoms with E-state index >= 15 is 0 Å². The van der Waals surface area contributed by atoms with Crippen molar-refractivity contribution in [2.75, 3.05) is 30.3 Å². The molecule has 6 rings (SSSR count). The van der Waals surface area contributed by atoms with Crippen molar-refractivity contribution in [2.45, 2.75) is 70.6 Å². The molecule has 2 aliphatic heterocycles. The SMILES string of the molecule is CC1(C)C(/C=C/C=C/C=C2/N(CCCCCC(=O)NCCCOc3ccc4nc(N)sc4c3)c3ccccc3C2(C)C)=Bc2ccccc21. The Bertz CT molecular complexity index is 1940. The second kappa shape index (κ2) is 15.0. The number of fused-ring (bicyclic) bond motifs is 3. The van der Waals surface area contributed by atoms with E-state index in [0.29, 0.717) is 24.7 Å². The summed E-state index contributed by atoms with van der Waals surface area (Å²) in [6.45, 7) is 13.6. The number of unbranched alkanes of at least 4 members (excludes halogenated alkanes) is 2. The Labute approximate surface area is 295 Å². The second-order valence-electron chi connectivity index (χ2n) is 13.9. The molecule has 0 radical (unpaired) electrons. The molecule has 8 heteroatoms. The fourth-order valence-corrected chi connectivity index (χ4v) is 7.79. The van der Waals surface area contributed by atoms with Crippen molar-refractivity contribution in [1.29, 1.82) is 0 Å². The molecule has 0 saturated heterocycles. The first-order valence-electron chi connectivity index (χ1n) is 17.4. The maximum atomic E-state index is 12.5. The second-order valence-corrected chi connectivity index (χ2v) is 15.0. The van der Waals surface area contributed by atoms with E-state index in [1.807, 2.05) is 18.2 Å². The number of nitrogens with two attached hydrogens (primary N) is 1. The number of allylic oxidation sites excluding steroid dienone is 6. The third kappa shape index (κ3) is 7.75. The number of hydrogen-bond acceptors (Lipinski definition) is 6. The van der Waals surface area contributed by atoms with Gasteiger partial charge in [-0.25, -0.2) is 4.98 Å². The molecule has 49 heavy (non-hydrogen) atoms. The topological polar surface area (TPSA) is 80.5 Å². The molecule has 0 saturated carbocycles. The number of nitrogens with zero attached hydrogens (tertiary/aromatic N) is 2. The Balaban J connectivity index is 0.955. The van der Waals surface area contributed by atoms with Crippen LogP contribution in [0.3, 0.4) is 0 Å². The van der Waals surface area contributed by atoms with Crippen LogP contribution in [0.25, 0.3) is 10.2 Å². The third-order valence-corrected chi connectivity index (χ3v) is 10.6. The van der Waals surface area contributed by atoms with E-state index in [9.17, 15) is 4.79 Å². The van der Waals surface area contributed by atoms with Gasteiger partial charge in [0.05, 0.1) is 16.8 Å². The standard InChI is InChI=1S/C41H47BN4O2S/c1-40(2)30-16-10-12-18-32(30)42-36(40)20-7-5-8-21-37-41(3,4)31-17-11-13-19-34(31)46(37)26-14-6-9-22-38(47)44-25-15-27-48-29-23-24-33-35(28-29)49-39(43)45-33/h5,7-8,10-13,16-21,23-24,28H,6,9,14-15,22,25-27H2,1-4H3,(H2,43,45)(H,44,47)/b8-5+,20-7+,37-21+. The zero-order valence-corrected chi connectivity index (χ0v) is 30.0. The predicted molar refractivity (Wildman–Crippen MR) is 209 cm³/mol. The number of hydrogen-bond donors (Lipinski definition) is 2. The van der Waals surface area contributed by atoms with Gasteiger partial charge in [0.15, 0.2) is 5.13 Å². The van der Waals surface area contributed by atoms with Crippen molar-refractivity contribution >= 4 is 56.1 Å². The van der Waals surface area contributed by atoms with E-state index in [1.54, 1.807) is 0 Å². The van der Waals surface area contributed by atoms with Crippen LogP contribution >= 0.6 is 11.3 Å². The predicted octanol–water partition coefficient (Wildman–Crippen LogP) is 7.61. The average molecular weight is 671 g/mol. The number of amides is 1. The first kappa shape index (κ1) is 34.4. The minimum atomic E-state index is -0.0895. The number of benzene rings is 3. The van der Waals surface area contributed by atoms with E-state index in [1.165, 1.54) is 44.8 Å². The van der Waals surface area contributed by atoms with Crippen LogP contribution in [0.4, 0.5) is 10.8 Å². The molecule has 0 aliphatic carbocycles. The van der Waals surface area contributed by atoms with Crippen LogP contribution in [0.5, 0.6) is 5.75 Å². The minimum absolute atomic E-state index is 0.00996. The van der Waals surface area contributed by atoms with Gasteiger partial charge in [0.25, 0.3) is 0 Å².